The van der Waals surface area contributed by atoms with Gasteiger partial charge in [-0.2, -0.15) is 0 Å². The van der Waals surface area contributed by atoms with Gasteiger partial charge in [0, 0.05) is 24.2 Å². The summed E-state index contributed by atoms with van der Waals surface area (Å²) in [5.41, 5.74) is 0.535. The van der Waals surface area contributed by atoms with Crippen LogP contribution in [0.2, 0.25) is 0 Å². The van der Waals surface area contributed by atoms with E-state index < -0.39 is 4.92 Å². The van der Waals surface area contributed by atoms with Gasteiger partial charge in [-0.25, -0.2) is 0 Å². The fourth-order valence-corrected chi connectivity index (χ4v) is 3.13. The van der Waals surface area contributed by atoms with Crippen molar-refractivity contribution in [1.82, 2.24) is 4.90 Å². The van der Waals surface area contributed by atoms with Crippen molar-refractivity contribution >= 4 is 11.6 Å². The second kappa shape index (κ2) is 7.20. The van der Waals surface area contributed by atoms with E-state index in [9.17, 15) is 14.9 Å². The molecule has 0 atom stereocenters. The number of carbonyl (C=O) groups is 1. The maximum Gasteiger partial charge on any atom is 0.273 e. The highest BCUT2D eigenvalue weighted by Gasteiger charge is 2.25. The summed E-state index contributed by atoms with van der Waals surface area (Å²) in [6.45, 7) is 2.65. The third kappa shape index (κ3) is 3.80. The zero-order chi connectivity index (χ0) is 15.2. The molecule has 1 aromatic rings. The van der Waals surface area contributed by atoms with Crippen LogP contribution in [0.3, 0.4) is 0 Å². The van der Waals surface area contributed by atoms with E-state index in [1.54, 1.807) is 18.2 Å². The lowest BCUT2D eigenvalue weighted by Gasteiger charge is -2.33. The van der Waals surface area contributed by atoms with Crippen LogP contribution in [0.25, 0.3) is 0 Å². The molecule has 0 aromatic heterocycles. The Morgan fingerprint density at radius 3 is 2.57 bits per heavy atom. The maximum absolute atomic E-state index is 12.5. The number of nitro benzene ring substituents is 1. The minimum atomic E-state index is -0.417. The Labute approximate surface area is 125 Å². The molecular formula is C16H22N2O3. The smallest absolute Gasteiger partial charge is 0.273 e. The molecule has 2 rings (SSSR count). The monoisotopic (exact) mass is 290 g/mol. The Balaban J connectivity index is 2.10. The van der Waals surface area contributed by atoms with Gasteiger partial charge < -0.3 is 4.90 Å². The van der Waals surface area contributed by atoms with E-state index in [-0.39, 0.29) is 18.0 Å². The highest BCUT2D eigenvalue weighted by Crippen LogP contribution is 2.24. The average molecular weight is 290 g/mol. The summed E-state index contributed by atoms with van der Waals surface area (Å²) in [7, 11) is 0. The lowest BCUT2D eigenvalue weighted by molar-refractivity contribution is -0.385. The highest BCUT2D eigenvalue weighted by molar-refractivity contribution is 5.80. The number of rotatable bonds is 5. The number of hydrogen-bond donors (Lipinski definition) is 0. The highest BCUT2D eigenvalue weighted by atomic mass is 16.6. The van der Waals surface area contributed by atoms with Crippen molar-refractivity contribution in [2.75, 3.05) is 6.54 Å². The molecular weight excluding hydrogens is 268 g/mol. The van der Waals surface area contributed by atoms with Gasteiger partial charge in [0.15, 0.2) is 0 Å². The molecule has 0 radical (unpaired) electrons. The van der Waals surface area contributed by atoms with Gasteiger partial charge in [-0.3, -0.25) is 14.9 Å². The first-order chi connectivity index (χ1) is 10.1. The molecule has 1 aromatic carbocycles. The van der Waals surface area contributed by atoms with Gasteiger partial charge in [0.1, 0.15) is 0 Å². The number of amides is 1. The van der Waals surface area contributed by atoms with Crippen molar-refractivity contribution in [2.24, 2.45) is 0 Å². The fraction of sp³-hybridized carbons (Fsp3) is 0.562. The van der Waals surface area contributed by atoms with Gasteiger partial charge in [-0.05, 0) is 19.8 Å². The molecule has 0 bridgehead atoms. The van der Waals surface area contributed by atoms with Crippen molar-refractivity contribution in [1.29, 1.82) is 0 Å². The van der Waals surface area contributed by atoms with Crippen LogP contribution in [0.4, 0.5) is 5.69 Å². The van der Waals surface area contributed by atoms with E-state index in [2.05, 4.69) is 0 Å². The molecule has 5 heteroatoms. The predicted octanol–water partition coefficient (Wildman–Crippen LogP) is 3.32. The number of nitrogens with zero attached hydrogens (tertiary/aromatic N) is 2. The van der Waals surface area contributed by atoms with Crippen molar-refractivity contribution in [2.45, 2.75) is 51.5 Å². The maximum atomic E-state index is 12.5. The van der Waals surface area contributed by atoms with Crippen LogP contribution in [0.15, 0.2) is 24.3 Å². The Morgan fingerprint density at radius 2 is 1.95 bits per heavy atom. The summed E-state index contributed by atoms with van der Waals surface area (Å²) >= 11 is 0. The summed E-state index contributed by atoms with van der Waals surface area (Å²) in [6, 6.07) is 6.81. The fourth-order valence-electron chi connectivity index (χ4n) is 3.13. The van der Waals surface area contributed by atoms with Crippen molar-refractivity contribution < 1.29 is 9.72 Å². The van der Waals surface area contributed by atoms with Crippen LogP contribution < -0.4 is 0 Å². The second-order valence-corrected chi connectivity index (χ2v) is 5.53. The number of nitro groups is 1. The van der Waals surface area contributed by atoms with Gasteiger partial charge in [0.25, 0.3) is 5.69 Å². The minimum absolute atomic E-state index is 0.00120. The second-order valence-electron chi connectivity index (χ2n) is 5.53. The van der Waals surface area contributed by atoms with Crippen LogP contribution in [-0.2, 0) is 11.2 Å². The summed E-state index contributed by atoms with van der Waals surface area (Å²) in [5, 5.41) is 11.0. The Morgan fingerprint density at radius 1 is 1.29 bits per heavy atom. The van der Waals surface area contributed by atoms with Crippen molar-refractivity contribution in [3.05, 3.63) is 39.9 Å². The Hall–Kier alpha value is -1.91. The molecule has 0 N–H and O–H groups in total. The summed E-state index contributed by atoms with van der Waals surface area (Å²) < 4.78 is 0. The zero-order valence-corrected chi connectivity index (χ0v) is 12.5. The van der Waals surface area contributed by atoms with E-state index in [1.165, 1.54) is 25.3 Å². The first kappa shape index (κ1) is 15.5. The minimum Gasteiger partial charge on any atom is -0.340 e. The van der Waals surface area contributed by atoms with Gasteiger partial charge in [-0.15, -0.1) is 0 Å². The van der Waals surface area contributed by atoms with Crippen LogP contribution in [-0.4, -0.2) is 28.3 Å². The number of hydrogen-bond acceptors (Lipinski definition) is 3. The number of likely N-dealkylation sites (N-methyl/N-ethyl adjacent to an activating group) is 1. The average Bonchev–Trinajstić information content (AvgIpc) is 2.49. The standard InChI is InChI=1S/C16H22N2O3/c1-2-17(14-9-4-3-5-10-14)16(19)12-13-8-6-7-11-15(13)18(20)21/h6-8,11,14H,2-5,9-10,12H2,1H3. The Kier molecular flexibility index (Phi) is 5.31. The van der Waals surface area contributed by atoms with Crippen LogP contribution >= 0.6 is 0 Å². The van der Waals surface area contributed by atoms with Gasteiger partial charge >= 0.3 is 0 Å². The molecule has 1 saturated carbocycles. The van der Waals surface area contributed by atoms with Gasteiger partial charge in [0.05, 0.1) is 11.3 Å². The molecule has 1 aliphatic rings. The molecule has 5 nitrogen and oxygen atoms in total. The van der Waals surface area contributed by atoms with E-state index in [4.69, 9.17) is 0 Å². The molecule has 21 heavy (non-hydrogen) atoms. The molecule has 0 unspecified atom stereocenters. The first-order valence-corrected chi connectivity index (χ1v) is 7.65. The lowest BCUT2D eigenvalue weighted by atomic mass is 9.93. The zero-order valence-electron chi connectivity index (χ0n) is 12.5. The third-order valence-electron chi connectivity index (χ3n) is 4.21. The summed E-state index contributed by atoms with van der Waals surface area (Å²) in [6.07, 6.45) is 5.79. The molecule has 0 spiro atoms. The Bertz CT molecular complexity index is 510. The quantitative estimate of drug-likeness (QED) is 0.617. The SMILES string of the molecule is CCN(C(=O)Cc1ccccc1[N+](=O)[O-])C1CCCCC1. The van der Waals surface area contributed by atoms with E-state index in [0.717, 1.165) is 12.8 Å². The molecule has 1 amide bonds. The molecule has 1 aliphatic carbocycles. The first-order valence-electron chi connectivity index (χ1n) is 7.65. The van der Waals surface area contributed by atoms with Crippen LogP contribution in [0.1, 0.15) is 44.6 Å². The van der Waals surface area contributed by atoms with Gasteiger partial charge in [-0.1, -0.05) is 37.5 Å². The molecule has 1 fully saturated rings. The molecule has 0 aliphatic heterocycles. The predicted molar refractivity (Wildman–Crippen MR) is 81.1 cm³/mol. The van der Waals surface area contributed by atoms with E-state index in [0.29, 0.717) is 18.2 Å². The third-order valence-corrected chi connectivity index (χ3v) is 4.21. The van der Waals surface area contributed by atoms with Crippen LogP contribution in [0, 0.1) is 10.1 Å². The number of carbonyl (C=O) groups excluding carboxylic acids is 1. The molecule has 114 valence electrons. The van der Waals surface area contributed by atoms with Gasteiger partial charge in [0.2, 0.25) is 5.91 Å². The number of para-hydroxylation sites is 1. The molecule has 0 saturated heterocycles. The lowest BCUT2D eigenvalue weighted by Crippen LogP contribution is -2.42. The van der Waals surface area contributed by atoms with Crippen molar-refractivity contribution in [3.63, 3.8) is 0 Å². The number of benzene rings is 1. The largest absolute Gasteiger partial charge is 0.340 e. The van der Waals surface area contributed by atoms with Crippen molar-refractivity contribution in [3.8, 4) is 0 Å². The topological polar surface area (TPSA) is 63.5 Å². The summed E-state index contributed by atoms with van der Waals surface area (Å²) in [4.78, 5) is 25.0. The van der Waals surface area contributed by atoms with E-state index >= 15 is 0 Å². The molecule has 0 heterocycles. The van der Waals surface area contributed by atoms with E-state index in [1.807, 2.05) is 11.8 Å². The normalized spacial score (nSPS) is 15.7. The summed E-state index contributed by atoms with van der Waals surface area (Å²) in [5.74, 6) is -0.00120. The van der Waals surface area contributed by atoms with Crippen LogP contribution in [0.5, 0.6) is 0 Å².